The molecule has 0 spiro atoms. The first-order chi connectivity index (χ1) is 12.5. The highest BCUT2D eigenvalue weighted by molar-refractivity contribution is 6.04. The molecule has 0 aliphatic heterocycles. The maximum absolute atomic E-state index is 12.9. The minimum atomic E-state index is -0.569. The second-order valence-electron chi connectivity index (χ2n) is 5.72. The van der Waals surface area contributed by atoms with Crippen LogP contribution in [0.2, 0.25) is 0 Å². The Bertz CT molecular complexity index is 981. The summed E-state index contributed by atoms with van der Waals surface area (Å²) >= 11 is 0. The van der Waals surface area contributed by atoms with Gasteiger partial charge in [0.05, 0.1) is 0 Å². The van der Waals surface area contributed by atoms with Gasteiger partial charge in [-0.15, -0.1) is 0 Å². The van der Waals surface area contributed by atoms with Crippen molar-refractivity contribution in [2.24, 2.45) is 0 Å². The molecular weight excluding hydrogens is 335 g/mol. The SMILES string of the molecule is Cc1ccccc1NC(=O)c1cccn(OCc2ccc(F)cc2)c1=O. The lowest BCUT2D eigenvalue weighted by atomic mass is 10.2. The largest absolute Gasteiger partial charge is 0.406 e. The molecule has 132 valence electrons. The van der Waals surface area contributed by atoms with E-state index >= 15 is 0 Å². The number of para-hydroxylation sites is 1. The molecule has 0 atom stereocenters. The van der Waals surface area contributed by atoms with Crippen LogP contribution in [0.3, 0.4) is 0 Å². The Kier molecular flexibility index (Phi) is 5.12. The monoisotopic (exact) mass is 352 g/mol. The number of carbonyl (C=O) groups is 1. The van der Waals surface area contributed by atoms with Crippen LogP contribution in [0.25, 0.3) is 0 Å². The number of pyridine rings is 1. The van der Waals surface area contributed by atoms with Crippen molar-refractivity contribution < 1.29 is 14.0 Å². The van der Waals surface area contributed by atoms with Gasteiger partial charge >= 0.3 is 0 Å². The number of anilines is 1. The number of nitrogens with one attached hydrogen (secondary N) is 1. The minimum Gasteiger partial charge on any atom is -0.406 e. The summed E-state index contributed by atoms with van der Waals surface area (Å²) in [7, 11) is 0. The molecule has 0 bridgehead atoms. The van der Waals surface area contributed by atoms with Gasteiger partial charge in [0.1, 0.15) is 18.0 Å². The molecule has 0 aliphatic rings. The number of aromatic nitrogens is 1. The van der Waals surface area contributed by atoms with Gasteiger partial charge in [0.15, 0.2) is 0 Å². The van der Waals surface area contributed by atoms with Gasteiger partial charge in [-0.3, -0.25) is 9.59 Å². The molecule has 1 heterocycles. The molecule has 0 saturated heterocycles. The van der Waals surface area contributed by atoms with Crippen molar-refractivity contribution >= 4 is 11.6 Å². The second kappa shape index (κ2) is 7.65. The van der Waals surface area contributed by atoms with Crippen LogP contribution in [-0.4, -0.2) is 10.6 Å². The highest BCUT2D eigenvalue weighted by Crippen LogP contribution is 2.13. The number of halogens is 1. The molecule has 0 radical (unpaired) electrons. The molecule has 1 amide bonds. The summed E-state index contributed by atoms with van der Waals surface area (Å²) in [5.74, 6) is -0.857. The zero-order valence-electron chi connectivity index (χ0n) is 14.1. The number of carbonyl (C=O) groups excluding carboxylic acids is 1. The fourth-order valence-corrected chi connectivity index (χ4v) is 2.38. The van der Waals surface area contributed by atoms with Gasteiger partial charge < -0.3 is 10.2 Å². The lowest BCUT2D eigenvalue weighted by Crippen LogP contribution is -2.32. The van der Waals surface area contributed by atoms with E-state index in [0.29, 0.717) is 11.3 Å². The van der Waals surface area contributed by atoms with Crippen LogP contribution < -0.4 is 15.7 Å². The molecule has 0 unspecified atom stereocenters. The number of hydrogen-bond donors (Lipinski definition) is 1. The van der Waals surface area contributed by atoms with Gasteiger partial charge in [-0.25, -0.2) is 4.39 Å². The van der Waals surface area contributed by atoms with Gasteiger partial charge in [0, 0.05) is 11.9 Å². The quantitative estimate of drug-likeness (QED) is 0.767. The van der Waals surface area contributed by atoms with Crippen molar-refractivity contribution in [2.75, 3.05) is 5.32 Å². The van der Waals surface area contributed by atoms with E-state index in [2.05, 4.69) is 5.32 Å². The predicted molar refractivity (Wildman–Crippen MR) is 96.5 cm³/mol. The third kappa shape index (κ3) is 3.97. The van der Waals surface area contributed by atoms with E-state index in [1.165, 1.54) is 24.4 Å². The van der Waals surface area contributed by atoms with Crippen LogP contribution in [0, 0.1) is 12.7 Å². The summed E-state index contributed by atoms with van der Waals surface area (Å²) in [6.45, 7) is 1.94. The molecule has 26 heavy (non-hydrogen) atoms. The van der Waals surface area contributed by atoms with E-state index < -0.39 is 11.5 Å². The Morgan fingerprint density at radius 3 is 2.54 bits per heavy atom. The summed E-state index contributed by atoms with van der Waals surface area (Å²) in [4.78, 5) is 30.3. The third-order valence-electron chi connectivity index (χ3n) is 3.84. The number of benzene rings is 2. The zero-order valence-corrected chi connectivity index (χ0v) is 14.1. The molecule has 0 fully saturated rings. The first-order valence-corrected chi connectivity index (χ1v) is 8.01. The third-order valence-corrected chi connectivity index (χ3v) is 3.84. The maximum Gasteiger partial charge on any atom is 0.295 e. The fraction of sp³-hybridized carbons (Fsp3) is 0.100. The zero-order chi connectivity index (χ0) is 18.5. The Labute approximate surface area is 149 Å². The first-order valence-electron chi connectivity index (χ1n) is 8.01. The van der Waals surface area contributed by atoms with Crippen molar-refractivity contribution in [3.63, 3.8) is 0 Å². The summed E-state index contributed by atoms with van der Waals surface area (Å²) in [6, 6.07) is 16.0. The molecule has 1 N–H and O–H groups in total. The fourth-order valence-electron chi connectivity index (χ4n) is 2.38. The molecule has 1 aromatic heterocycles. The molecule has 0 saturated carbocycles. The Balaban J connectivity index is 1.76. The van der Waals surface area contributed by atoms with Crippen LogP contribution in [0.1, 0.15) is 21.5 Å². The second-order valence-corrected chi connectivity index (χ2v) is 5.72. The topological polar surface area (TPSA) is 60.3 Å². The number of nitrogens with zero attached hydrogens (tertiary/aromatic N) is 1. The number of aryl methyl sites for hydroxylation is 1. The lowest BCUT2D eigenvalue weighted by molar-refractivity contribution is 0.0863. The number of hydrogen-bond acceptors (Lipinski definition) is 3. The molecular formula is C20H17FN2O3. The molecule has 5 nitrogen and oxygen atoms in total. The number of rotatable bonds is 5. The summed E-state index contributed by atoms with van der Waals surface area (Å²) in [6.07, 6.45) is 1.43. The van der Waals surface area contributed by atoms with E-state index in [4.69, 9.17) is 4.84 Å². The van der Waals surface area contributed by atoms with Crippen LogP contribution in [-0.2, 0) is 6.61 Å². The van der Waals surface area contributed by atoms with Gasteiger partial charge in [0.25, 0.3) is 11.5 Å². The lowest BCUT2D eigenvalue weighted by Gasteiger charge is -2.11. The van der Waals surface area contributed by atoms with Gasteiger partial charge in [0.2, 0.25) is 0 Å². The van der Waals surface area contributed by atoms with Crippen molar-refractivity contribution in [1.29, 1.82) is 0 Å². The minimum absolute atomic E-state index is 0.0325. The average Bonchev–Trinajstić information content (AvgIpc) is 2.64. The smallest absolute Gasteiger partial charge is 0.295 e. The van der Waals surface area contributed by atoms with Gasteiger partial charge in [-0.1, -0.05) is 30.3 Å². The van der Waals surface area contributed by atoms with E-state index in [9.17, 15) is 14.0 Å². The van der Waals surface area contributed by atoms with E-state index in [1.807, 2.05) is 19.1 Å². The van der Waals surface area contributed by atoms with E-state index in [0.717, 1.165) is 10.3 Å². The molecule has 0 aliphatic carbocycles. The van der Waals surface area contributed by atoms with Crippen molar-refractivity contribution in [3.05, 3.63) is 99.7 Å². The van der Waals surface area contributed by atoms with E-state index in [1.54, 1.807) is 30.3 Å². The highest BCUT2D eigenvalue weighted by atomic mass is 19.1. The molecule has 3 aromatic rings. The highest BCUT2D eigenvalue weighted by Gasteiger charge is 2.14. The molecule has 2 aromatic carbocycles. The maximum atomic E-state index is 12.9. The summed E-state index contributed by atoms with van der Waals surface area (Å²) in [5, 5.41) is 2.73. The average molecular weight is 352 g/mol. The summed E-state index contributed by atoms with van der Waals surface area (Å²) in [5.41, 5.74) is 1.63. The van der Waals surface area contributed by atoms with Crippen LogP contribution in [0.5, 0.6) is 0 Å². The molecule has 6 heteroatoms. The Morgan fingerprint density at radius 2 is 1.81 bits per heavy atom. The van der Waals surface area contributed by atoms with E-state index in [-0.39, 0.29) is 18.0 Å². The van der Waals surface area contributed by atoms with Gasteiger partial charge in [-0.05, 0) is 48.4 Å². The standard InChI is InChI=1S/C20H17FN2O3/c1-14-5-2-3-7-18(14)22-19(24)17-6-4-12-23(20(17)25)26-13-15-8-10-16(21)11-9-15/h2-12H,13H2,1H3,(H,22,24). The van der Waals surface area contributed by atoms with Gasteiger partial charge in [-0.2, -0.15) is 4.73 Å². The van der Waals surface area contributed by atoms with Crippen molar-refractivity contribution in [3.8, 4) is 0 Å². The Hall–Kier alpha value is -3.41. The van der Waals surface area contributed by atoms with Crippen molar-refractivity contribution in [2.45, 2.75) is 13.5 Å². The van der Waals surface area contributed by atoms with Crippen LogP contribution in [0.4, 0.5) is 10.1 Å². The van der Waals surface area contributed by atoms with Crippen LogP contribution >= 0.6 is 0 Å². The van der Waals surface area contributed by atoms with Crippen molar-refractivity contribution in [1.82, 2.24) is 4.73 Å². The Morgan fingerprint density at radius 1 is 1.08 bits per heavy atom. The predicted octanol–water partition coefficient (Wildman–Crippen LogP) is 3.18. The number of amides is 1. The normalized spacial score (nSPS) is 10.4. The summed E-state index contributed by atoms with van der Waals surface area (Å²) < 4.78 is 13.9. The van der Waals surface area contributed by atoms with Crippen LogP contribution in [0.15, 0.2) is 71.7 Å². The first kappa shape index (κ1) is 17.4. The molecule has 3 rings (SSSR count).